The van der Waals surface area contributed by atoms with Gasteiger partial charge in [-0.2, -0.15) is 5.10 Å². The van der Waals surface area contributed by atoms with E-state index in [1.165, 1.54) is 5.56 Å². The van der Waals surface area contributed by atoms with Gasteiger partial charge < -0.3 is 4.74 Å². The third-order valence-electron chi connectivity index (χ3n) is 3.90. The maximum atomic E-state index is 12.4. The Hall–Kier alpha value is -3.11. The Morgan fingerprint density at radius 1 is 1.04 bits per heavy atom. The predicted octanol–water partition coefficient (Wildman–Crippen LogP) is 4.99. The molecule has 1 amide bonds. The average Bonchev–Trinajstić information content (AvgIpc) is 2.69. The van der Waals surface area contributed by atoms with Gasteiger partial charge in [-0.25, -0.2) is 5.43 Å². The van der Waals surface area contributed by atoms with E-state index in [-0.39, 0.29) is 5.91 Å². The minimum Gasteiger partial charge on any atom is -0.488 e. The molecule has 0 atom stereocenters. The molecule has 0 fully saturated rings. The Morgan fingerprint density at radius 2 is 1.74 bits per heavy atom. The number of hydrogen-bond donors (Lipinski definition) is 1. The summed E-state index contributed by atoms with van der Waals surface area (Å²) in [5, 5.41) is 4.69. The summed E-state index contributed by atoms with van der Waals surface area (Å²) >= 11 is 5.89. The highest BCUT2D eigenvalue weighted by Gasteiger charge is 2.11. The zero-order valence-corrected chi connectivity index (χ0v) is 15.6. The number of para-hydroxylation sites is 1. The number of carbonyl (C=O) groups excluding carboxylic acids is 1. The molecule has 0 bridgehead atoms. The molecule has 0 spiro atoms. The monoisotopic (exact) mass is 378 g/mol. The molecule has 0 aliphatic rings. The normalized spacial score (nSPS) is 10.7. The predicted molar refractivity (Wildman–Crippen MR) is 108 cm³/mol. The molecule has 5 heteroatoms. The number of amides is 1. The lowest BCUT2D eigenvalue weighted by Crippen LogP contribution is -2.18. The summed E-state index contributed by atoms with van der Waals surface area (Å²) in [6.45, 7) is 2.36. The number of carbonyl (C=O) groups is 1. The molecule has 27 heavy (non-hydrogen) atoms. The van der Waals surface area contributed by atoms with Gasteiger partial charge in [0.25, 0.3) is 5.91 Å². The van der Waals surface area contributed by atoms with Crippen LogP contribution < -0.4 is 10.2 Å². The molecular formula is C22H19ClN2O2. The molecule has 0 heterocycles. The number of benzene rings is 3. The Bertz CT molecular complexity index is 935. The maximum absolute atomic E-state index is 12.4. The van der Waals surface area contributed by atoms with E-state index < -0.39 is 0 Å². The van der Waals surface area contributed by atoms with Crippen molar-refractivity contribution in [2.45, 2.75) is 13.5 Å². The number of nitrogens with zero attached hydrogens (tertiary/aromatic N) is 1. The highest BCUT2D eigenvalue weighted by Crippen LogP contribution is 2.20. The van der Waals surface area contributed by atoms with Crippen molar-refractivity contribution in [2.24, 2.45) is 5.10 Å². The van der Waals surface area contributed by atoms with E-state index in [0.717, 1.165) is 11.1 Å². The number of aryl methyl sites for hydroxylation is 1. The van der Waals surface area contributed by atoms with Crippen molar-refractivity contribution in [1.82, 2.24) is 5.43 Å². The van der Waals surface area contributed by atoms with Crippen LogP contribution in [0.3, 0.4) is 0 Å². The van der Waals surface area contributed by atoms with Gasteiger partial charge in [0.2, 0.25) is 0 Å². The summed E-state index contributed by atoms with van der Waals surface area (Å²) in [5.74, 6) is 0.167. The highest BCUT2D eigenvalue weighted by atomic mass is 35.5. The number of ether oxygens (including phenoxy) is 1. The van der Waals surface area contributed by atoms with Gasteiger partial charge in [-0.3, -0.25) is 4.79 Å². The van der Waals surface area contributed by atoms with Crippen molar-refractivity contribution < 1.29 is 9.53 Å². The third-order valence-corrected chi connectivity index (χ3v) is 4.15. The first kappa shape index (κ1) is 18.7. The van der Waals surface area contributed by atoms with Crippen LogP contribution in [0.15, 0.2) is 77.9 Å². The van der Waals surface area contributed by atoms with Crippen molar-refractivity contribution in [2.75, 3.05) is 0 Å². The molecule has 0 aliphatic heterocycles. The lowest BCUT2D eigenvalue weighted by Gasteiger charge is -2.10. The summed E-state index contributed by atoms with van der Waals surface area (Å²) < 4.78 is 5.81. The highest BCUT2D eigenvalue weighted by molar-refractivity contribution is 6.30. The molecule has 3 aromatic carbocycles. The fraction of sp³-hybridized carbons (Fsp3) is 0.0909. The van der Waals surface area contributed by atoms with E-state index in [9.17, 15) is 4.79 Å². The molecule has 136 valence electrons. The van der Waals surface area contributed by atoms with E-state index in [0.29, 0.717) is 22.9 Å². The minimum absolute atomic E-state index is 0.329. The fourth-order valence-corrected chi connectivity index (χ4v) is 2.53. The van der Waals surface area contributed by atoms with E-state index in [1.807, 2.05) is 49.4 Å². The van der Waals surface area contributed by atoms with Crippen molar-refractivity contribution in [3.05, 3.63) is 100 Å². The minimum atomic E-state index is -0.329. The van der Waals surface area contributed by atoms with Crippen molar-refractivity contribution in [3.63, 3.8) is 0 Å². The second-order valence-corrected chi connectivity index (χ2v) is 6.46. The summed E-state index contributed by atoms with van der Waals surface area (Å²) in [4.78, 5) is 12.4. The molecular weight excluding hydrogens is 360 g/mol. The summed E-state index contributed by atoms with van der Waals surface area (Å²) in [5.41, 5.74) is 6.01. The number of hydrazone groups is 1. The second kappa shape index (κ2) is 9.01. The molecule has 0 saturated carbocycles. The van der Waals surface area contributed by atoms with E-state index in [4.69, 9.17) is 16.3 Å². The molecule has 3 aromatic rings. The molecule has 0 aliphatic carbocycles. The van der Waals surface area contributed by atoms with Gasteiger partial charge in [-0.05, 0) is 42.3 Å². The topological polar surface area (TPSA) is 50.7 Å². The quantitative estimate of drug-likeness (QED) is 0.485. The fourth-order valence-electron chi connectivity index (χ4n) is 2.40. The number of halogens is 1. The zero-order chi connectivity index (χ0) is 19.1. The molecule has 1 N–H and O–H groups in total. The van der Waals surface area contributed by atoms with Gasteiger partial charge >= 0.3 is 0 Å². The zero-order valence-electron chi connectivity index (χ0n) is 14.9. The molecule has 3 rings (SSSR count). The first-order chi connectivity index (χ1) is 13.1. The number of nitrogens with one attached hydrogen (secondary N) is 1. The van der Waals surface area contributed by atoms with Crippen LogP contribution in [0.5, 0.6) is 5.75 Å². The lowest BCUT2D eigenvalue weighted by molar-refractivity contribution is 0.0950. The molecule has 0 saturated heterocycles. The molecule has 0 unspecified atom stereocenters. The van der Waals surface area contributed by atoms with Gasteiger partial charge in [0.15, 0.2) is 0 Å². The van der Waals surface area contributed by atoms with Crippen LogP contribution in [0.1, 0.15) is 27.0 Å². The van der Waals surface area contributed by atoms with Gasteiger partial charge in [0.1, 0.15) is 12.4 Å². The summed E-state index contributed by atoms with van der Waals surface area (Å²) in [6.07, 6.45) is 1.61. The number of hydrogen-bond acceptors (Lipinski definition) is 3. The van der Waals surface area contributed by atoms with Crippen molar-refractivity contribution >= 4 is 23.7 Å². The van der Waals surface area contributed by atoms with E-state index >= 15 is 0 Å². The van der Waals surface area contributed by atoms with Gasteiger partial charge in [-0.15, -0.1) is 0 Å². The second-order valence-electron chi connectivity index (χ2n) is 6.02. The van der Waals surface area contributed by atoms with Crippen LogP contribution in [0.25, 0.3) is 0 Å². The number of rotatable bonds is 6. The van der Waals surface area contributed by atoms with Gasteiger partial charge in [0.05, 0.1) is 11.8 Å². The van der Waals surface area contributed by atoms with Gasteiger partial charge in [-0.1, -0.05) is 65.7 Å². The van der Waals surface area contributed by atoms with Crippen molar-refractivity contribution in [3.8, 4) is 5.75 Å². The SMILES string of the molecule is Cc1ccc(/C=N\NC(=O)c2ccccc2OCc2ccc(Cl)cc2)cc1. The standard InChI is InChI=1S/C22H19ClN2O2/c1-16-6-8-17(9-7-16)14-24-25-22(26)20-4-2-3-5-21(20)27-15-18-10-12-19(23)13-11-18/h2-14H,15H2,1H3,(H,25,26)/b24-14-. The first-order valence-electron chi connectivity index (χ1n) is 8.48. The van der Waals surface area contributed by atoms with E-state index in [1.54, 1.807) is 36.5 Å². The van der Waals surface area contributed by atoms with Crippen LogP contribution in [0.4, 0.5) is 0 Å². The third kappa shape index (κ3) is 5.43. The Morgan fingerprint density at radius 3 is 2.48 bits per heavy atom. The Labute approximate surface area is 163 Å². The van der Waals surface area contributed by atoms with Crippen LogP contribution in [-0.4, -0.2) is 12.1 Å². The largest absolute Gasteiger partial charge is 0.488 e. The van der Waals surface area contributed by atoms with Crippen LogP contribution >= 0.6 is 11.6 Å². The molecule has 4 nitrogen and oxygen atoms in total. The van der Waals surface area contributed by atoms with Crippen LogP contribution in [0, 0.1) is 6.92 Å². The van der Waals surface area contributed by atoms with Crippen molar-refractivity contribution in [1.29, 1.82) is 0 Å². The van der Waals surface area contributed by atoms with Crippen LogP contribution in [0.2, 0.25) is 5.02 Å². The summed E-state index contributed by atoms with van der Waals surface area (Å²) in [6, 6.07) is 22.3. The maximum Gasteiger partial charge on any atom is 0.275 e. The molecule has 0 radical (unpaired) electrons. The van der Waals surface area contributed by atoms with Gasteiger partial charge in [0, 0.05) is 5.02 Å². The Balaban J connectivity index is 1.64. The van der Waals surface area contributed by atoms with E-state index in [2.05, 4.69) is 10.5 Å². The van der Waals surface area contributed by atoms with Crippen LogP contribution in [-0.2, 0) is 6.61 Å². The Kier molecular flexibility index (Phi) is 6.23. The first-order valence-corrected chi connectivity index (χ1v) is 8.86. The average molecular weight is 379 g/mol. The molecule has 0 aromatic heterocycles. The summed E-state index contributed by atoms with van der Waals surface area (Å²) in [7, 11) is 0. The lowest BCUT2D eigenvalue weighted by atomic mass is 10.2. The smallest absolute Gasteiger partial charge is 0.275 e.